The standard InChI is InChI=1S/C17H14ClFN2O3/c1-21-14(17(22)23)8-10-13(6-4-11(18)16(10)21)20-9-3-5-12(19)15(7-9)24-2/h3-8,20H,1-2H3,(H,22,23). The molecule has 3 aromatic rings. The van der Waals surface area contributed by atoms with Crippen molar-refractivity contribution in [3.8, 4) is 5.75 Å². The number of carbonyl (C=O) groups is 1. The molecule has 3 rings (SSSR count). The maximum atomic E-state index is 13.5. The Morgan fingerprint density at radius 1 is 1.29 bits per heavy atom. The molecule has 24 heavy (non-hydrogen) atoms. The summed E-state index contributed by atoms with van der Waals surface area (Å²) in [5, 5.41) is 13.5. The molecule has 1 heterocycles. The van der Waals surface area contributed by atoms with Crippen molar-refractivity contribution in [2.75, 3.05) is 12.4 Å². The second-order valence-electron chi connectivity index (χ2n) is 5.23. The van der Waals surface area contributed by atoms with Crippen LogP contribution in [0.2, 0.25) is 5.02 Å². The van der Waals surface area contributed by atoms with E-state index in [0.717, 1.165) is 0 Å². The minimum Gasteiger partial charge on any atom is -0.494 e. The van der Waals surface area contributed by atoms with Crippen molar-refractivity contribution in [3.63, 3.8) is 0 Å². The van der Waals surface area contributed by atoms with Crippen molar-refractivity contribution < 1.29 is 19.0 Å². The van der Waals surface area contributed by atoms with Crippen LogP contribution in [0.15, 0.2) is 36.4 Å². The predicted molar refractivity (Wildman–Crippen MR) is 91.1 cm³/mol. The summed E-state index contributed by atoms with van der Waals surface area (Å²) >= 11 is 6.21. The number of aromatic carboxylic acids is 1. The number of benzene rings is 2. The molecule has 0 bridgehead atoms. The van der Waals surface area contributed by atoms with Gasteiger partial charge in [0.1, 0.15) is 5.69 Å². The van der Waals surface area contributed by atoms with Crippen molar-refractivity contribution >= 4 is 39.8 Å². The van der Waals surface area contributed by atoms with Crippen LogP contribution in [0.3, 0.4) is 0 Å². The number of hydrogen-bond acceptors (Lipinski definition) is 3. The van der Waals surface area contributed by atoms with Gasteiger partial charge in [-0.05, 0) is 30.3 Å². The Bertz CT molecular complexity index is 953. The van der Waals surface area contributed by atoms with E-state index < -0.39 is 11.8 Å². The Balaban J connectivity index is 2.12. The lowest BCUT2D eigenvalue weighted by atomic mass is 10.2. The van der Waals surface area contributed by atoms with Crippen molar-refractivity contribution in [3.05, 3.63) is 52.9 Å². The molecule has 0 spiro atoms. The lowest BCUT2D eigenvalue weighted by Crippen LogP contribution is -2.03. The van der Waals surface area contributed by atoms with Gasteiger partial charge in [-0.15, -0.1) is 0 Å². The number of aryl methyl sites for hydroxylation is 1. The molecule has 0 saturated heterocycles. The number of carboxylic acid groups (broad SMARTS) is 1. The smallest absolute Gasteiger partial charge is 0.352 e. The molecule has 0 saturated carbocycles. The molecule has 0 aliphatic heterocycles. The van der Waals surface area contributed by atoms with Gasteiger partial charge in [-0.25, -0.2) is 9.18 Å². The molecule has 124 valence electrons. The Morgan fingerprint density at radius 3 is 2.71 bits per heavy atom. The number of aromatic nitrogens is 1. The van der Waals surface area contributed by atoms with E-state index in [0.29, 0.717) is 27.3 Å². The van der Waals surface area contributed by atoms with Crippen LogP contribution >= 0.6 is 11.6 Å². The van der Waals surface area contributed by atoms with Gasteiger partial charge in [0.2, 0.25) is 0 Å². The highest BCUT2D eigenvalue weighted by molar-refractivity contribution is 6.36. The molecule has 2 aromatic carbocycles. The minimum absolute atomic E-state index is 0.115. The van der Waals surface area contributed by atoms with Gasteiger partial charge >= 0.3 is 5.97 Å². The van der Waals surface area contributed by atoms with Crippen LogP contribution in [0.1, 0.15) is 10.5 Å². The zero-order chi connectivity index (χ0) is 17.4. The van der Waals surface area contributed by atoms with Crippen LogP contribution in [0.25, 0.3) is 10.9 Å². The van der Waals surface area contributed by atoms with Gasteiger partial charge in [0.15, 0.2) is 11.6 Å². The predicted octanol–water partition coefficient (Wildman–Crippen LogP) is 4.42. The minimum atomic E-state index is -1.04. The van der Waals surface area contributed by atoms with Crippen LogP contribution in [-0.2, 0) is 7.05 Å². The normalized spacial score (nSPS) is 10.8. The summed E-state index contributed by atoms with van der Waals surface area (Å²) in [6.07, 6.45) is 0. The first-order valence-corrected chi connectivity index (χ1v) is 7.42. The molecule has 5 nitrogen and oxygen atoms in total. The maximum Gasteiger partial charge on any atom is 0.352 e. The Kier molecular flexibility index (Phi) is 4.07. The fraction of sp³-hybridized carbons (Fsp3) is 0.118. The number of methoxy groups -OCH3 is 1. The van der Waals surface area contributed by atoms with E-state index in [9.17, 15) is 14.3 Å². The zero-order valence-corrected chi connectivity index (χ0v) is 13.7. The van der Waals surface area contributed by atoms with Crippen LogP contribution in [0.4, 0.5) is 15.8 Å². The first-order valence-electron chi connectivity index (χ1n) is 7.04. The van der Waals surface area contributed by atoms with Gasteiger partial charge < -0.3 is 19.7 Å². The summed E-state index contributed by atoms with van der Waals surface area (Å²) in [6, 6.07) is 9.36. The van der Waals surface area contributed by atoms with Crippen LogP contribution in [0, 0.1) is 5.82 Å². The van der Waals surface area contributed by atoms with Gasteiger partial charge in [0.05, 0.1) is 17.6 Å². The third kappa shape index (κ3) is 2.65. The third-order valence-corrected chi connectivity index (χ3v) is 4.10. The average molecular weight is 349 g/mol. The molecule has 2 N–H and O–H groups in total. The second-order valence-corrected chi connectivity index (χ2v) is 5.63. The summed E-state index contributed by atoms with van der Waals surface area (Å²) < 4.78 is 20.0. The van der Waals surface area contributed by atoms with E-state index in [1.165, 1.54) is 23.8 Å². The number of halogens is 2. The first-order chi connectivity index (χ1) is 11.4. The van der Waals surface area contributed by atoms with E-state index in [4.69, 9.17) is 16.3 Å². The molecule has 0 aliphatic rings. The Hall–Kier alpha value is -2.73. The van der Waals surface area contributed by atoms with Crippen molar-refractivity contribution in [1.82, 2.24) is 4.57 Å². The largest absolute Gasteiger partial charge is 0.494 e. The molecule has 0 radical (unpaired) electrons. The fourth-order valence-electron chi connectivity index (χ4n) is 2.63. The SMILES string of the molecule is COc1cc(Nc2ccc(Cl)c3c2cc(C(=O)O)n3C)ccc1F. The summed E-state index contributed by atoms with van der Waals surface area (Å²) in [5.41, 5.74) is 2.00. The summed E-state index contributed by atoms with van der Waals surface area (Å²) in [7, 11) is 3.03. The topological polar surface area (TPSA) is 63.5 Å². The number of nitrogens with zero attached hydrogens (tertiary/aromatic N) is 1. The Morgan fingerprint density at radius 2 is 2.04 bits per heavy atom. The number of hydrogen-bond donors (Lipinski definition) is 2. The lowest BCUT2D eigenvalue weighted by molar-refractivity contribution is 0.0687. The highest BCUT2D eigenvalue weighted by Gasteiger charge is 2.17. The second kappa shape index (κ2) is 6.05. The molecular weight excluding hydrogens is 335 g/mol. The molecule has 1 aromatic heterocycles. The lowest BCUT2D eigenvalue weighted by Gasteiger charge is -2.11. The Labute approximate surface area is 142 Å². The summed E-state index contributed by atoms with van der Waals surface area (Å²) in [6.45, 7) is 0. The molecule has 0 amide bonds. The van der Waals surface area contributed by atoms with Crippen LogP contribution < -0.4 is 10.1 Å². The van der Waals surface area contributed by atoms with Crippen molar-refractivity contribution in [2.45, 2.75) is 0 Å². The average Bonchev–Trinajstić information content (AvgIpc) is 2.90. The van der Waals surface area contributed by atoms with Gasteiger partial charge in [0, 0.05) is 29.9 Å². The van der Waals surface area contributed by atoms with Crippen LogP contribution in [0.5, 0.6) is 5.75 Å². The van der Waals surface area contributed by atoms with E-state index in [1.807, 2.05) is 0 Å². The number of nitrogens with one attached hydrogen (secondary N) is 1. The molecular formula is C17H14ClFN2O3. The fourth-order valence-corrected chi connectivity index (χ4v) is 2.92. The molecule has 0 aliphatic carbocycles. The van der Waals surface area contributed by atoms with Gasteiger partial charge in [0.25, 0.3) is 0 Å². The third-order valence-electron chi connectivity index (χ3n) is 3.79. The number of ether oxygens (including phenoxy) is 1. The highest BCUT2D eigenvalue weighted by Crippen LogP contribution is 2.34. The summed E-state index contributed by atoms with van der Waals surface area (Å²) in [5.74, 6) is -1.39. The van der Waals surface area contributed by atoms with Crippen LogP contribution in [-0.4, -0.2) is 22.8 Å². The monoisotopic (exact) mass is 348 g/mol. The van der Waals surface area contributed by atoms with Gasteiger partial charge in [-0.2, -0.15) is 0 Å². The molecule has 0 atom stereocenters. The summed E-state index contributed by atoms with van der Waals surface area (Å²) in [4.78, 5) is 11.4. The van der Waals surface area contributed by atoms with Gasteiger partial charge in [-0.1, -0.05) is 11.6 Å². The number of anilines is 2. The molecule has 7 heteroatoms. The van der Waals surface area contributed by atoms with Crippen molar-refractivity contribution in [2.24, 2.45) is 7.05 Å². The van der Waals surface area contributed by atoms with E-state index in [1.54, 1.807) is 31.3 Å². The zero-order valence-electron chi connectivity index (χ0n) is 12.9. The first kappa shape index (κ1) is 16.1. The number of carboxylic acids is 1. The molecule has 0 unspecified atom stereocenters. The van der Waals surface area contributed by atoms with Crippen molar-refractivity contribution in [1.29, 1.82) is 0 Å². The van der Waals surface area contributed by atoms with E-state index in [-0.39, 0.29) is 11.4 Å². The number of fused-ring (bicyclic) bond motifs is 1. The molecule has 0 fully saturated rings. The van der Waals surface area contributed by atoms with Gasteiger partial charge in [-0.3, -0.25) is 0 Å². The number of rotatable bonds is 4. The maximum absolute atomic E-state index is 13.5. The quantitative estimate of drug-likeness (QED) is 0.732. The van der Waals surface area contributed by atoms with E-state index >= 15 is 0 Å². The van der Waals surface area contributed by atoms with E-state index in [2.05, 4.69) is 5.32 Å². The highest BCUT2D eigenvalue weighted by atomic mass is 35.5.